The zero-order valence-corrected chi connectivity index (χ0v) is 6.10. The van der Waals surface area contributed by atoms with Crippen LogP contribution in [0.3, 0.4) is 0 Å². The van der Waals surface area contributed by atoms with E-state index in [9.17, 15) is 0 Å². The number of hydrogen-bond acceptors (Lipinski definition) is 2. The minimum absolute atomic E-state index is 0.817. The Bertz CT molecular complexity index is 321. The van der Waals surface area contributed by atoms with Crippen molar-refractivity contribution in [3.8, 4) is 0 Å². The van der Waals surface area contributed by atoms with E-state index in [1.165, 1.54) is 0 Å². The Morgan fingerprint density at radius 1 is 1.45 bits per heavy atom. The highest BCUT2D eigenvalue weighted by molar-refractivity contribution is 5.64. The summed E-state index contributed by atoms with van der Waals surface area (Å²) < 4.78 is 1.66. The predicted octanol–water partition coefficient (Wildman–Crippen LogP) is 0.288. The van der Waals surface area contributed by atoms with Crippen molar-refractivity contribution in [2.45, 2.75) is 0 Å². The SMILES string of the molecule is Cn1cc(C2=CC=C[N]2)nn1. The number of hydrogen-bond donors (Lipinski definition) is 0. The van der Waals surface area contributed by atoms with Crippen molar-refractivity contribution in [2.75, 3.05) is 0 Å². The monoisotopic (exact) mass is 147 g/mol. The summed E-state index contributed by atoms with van der Waals surface area (Å²) in [4.78, 5) is 0. The first-order valence-corrected chi connectivity index (χ1v) is 3.30. The van der Waals surface area contributed by atoms with E-state index >= 15 is 0 Å². The van der Waals surface area contributed by atoms with E-state index in [1.807, 2.05) is 25.4 Å². The lowest BCUT2D eigenvalue weighted by Crippen LogP contribution is -1.91. The number of aryl methyl sites for hydroxylation is 1. The Kier molecular flexibility index (Phi) is 1.25. The third-order valence-corrected chi connectivity index (χ3v) is 1.42. The van der Waals surface area contributed by atoms with Gasteiger partial charge in [-0.25, -0.2) is 0 Å². The van der Waals surface area contributed by atoms with E-state index in [2.05, 4.69) is 15.6 Å². The van der Waals surface area contributed by atoms with Gasteiger partial charge in [-0.05, 0) is 12.2 Å². The quantitative estimate of drug-likeness (QED) is 0.573. The van der Waals surface area contributed by atoms with Gasteiger partial charge in [-0.3, -0.25) is 10.00 Å². The van der Waals surface area contributed by atoms with Crippen LogP contribution in [0.15, 0.2) is 24.5 Å². The maximum atomic E-state index is 4.08. The highest BCUT2D eigenvalue weighted by Crippen LogP contribution is 2.11. The molecule has 4 heteroatoms. The average Bonchev–Trinajstić information content (AvgIpc) is 2.55. The molecule has 0 fully saturated rings. The Morgan fingerprint density at radius 3 is 2.91 bits per heavy atom. The first-order chi connectivity index (χ1) is 5.36. The van der Waals surface area contributed by atoms with Gasteiger partial charge in [-0.2, -0.15) is 0 Å². The largest absolute Gasteiger partial charge is 0.255 e. The summed E-state index contributed by atoms with van der Waals surface area (Å²) in [6.45, 7) is 0. The van der Waals surface area contributed by atoms with Crippen molar-refractivity contribution in [3.05, 3.63) is 30.2 Å². The molecule has 1 radical (unpaired) electrons. The van der Waals surface area contributed by atoms with Crippen LogP contribution < -0.4 is 5.32 Å². The minimum Gasteiger partial charge on any atom is -0.255 e. The number of nitrogens with zero attached hydrogens (tertiary/aromatic N) is 4. The van der Waals surface area contributed by atoms with Gasteiger partial charge in [0.15, 0.2) is 0 Å². The van der Waals surface area contributed by atoms with E-state index in [0.29, 0.717) is 0 Å². The van der Waals surface area contributed by atoms with E-state index in [0.717, 1.165) is 11.4 Å². The smallest absolute Gasteiger partial charge is 0.131 e. The van der Waals surface area contributed by atoms with Gasteiger partial charge >= 0.3 is 0 Å². The molecule has 0 aromatic carbocycles. The Labute approximate surface area is 64.2 Å². The molecule has 1 aromatic rings. The molecule has 0 atom stereocenters. The fraction of sp³-hybridized carbons (Fsp3) is 0.143. The van der Waals surface area contributed by atoms with Gasteiger partial charge in [-0.1, -0.05) is 5.21 Å². The topological polar surface area (TPSA) is 44.8 Å². The van der Waals surface area contributed by atoms with E-state index in [1.54, 1.807) is 10.9 Å². The van der Waals surface area contributed by atoms with E-state index < -0.39 is 0 Å². The fourth-order valence-corrected chi connectivity index (χ4v) is 0.917. The zero-order chi connectivity index (χ0) is 7.68. The van der Waals surface area contributed by atoms with Gasteiger partial charge in [0, 0.05) is 13.2 Å². The maximum Gasteiger partial charge on any atom is 0.131 e. The van der Waals surface area contributed by atoms with E-state index in [-0.39, 0.29) is 0 Å². The summed E-state index contributed by atoms with van der Waals surface area (Å²) in [5, 5.41) is 11.8. The molecular weight excluding hydrogens is 140 g/mol. The van der Waals surface area contributed by atoms with Crippen LogP contribution in [-0.4, -0.2) is 15.0 Å². The highest BCUT2D eigenvalue weighted by atomic mass is 15.4. The third-order valence-electron chi connectivity index (χ3n) is 1.42. The standard InChI is InChI=1S/C7H7N4/c1-11-5-7(9-10-11)6-3-2-4-8-6/h2-5H,1H3. The molecular formula is C7H7N4. The van der Waals surface area contributed by atoms with Gasteiger partial charge in [-0.15, -0.1) is 5.10 Å². The first kappa shape index (κ1) is 6.15. The molecule has 11 heavy (non-hydrogen) atoms. The molecule has 4 nitrogen and oxygen atoms in total. The summed E-state index contributed by atoms with van der Waals surface area (Å²) >= 11 is 0. The zero-order valence-electron chi connectivity index (χ0n) is 6.10. The average molecular weight is 147 g/mol. The van der Waals surface area contributed by atoms with Crippen LogP contribution in [0.2, 0.25) is 0 Å². The summed E-state index contributed by atoms with van der Waals surface area (Å²) in [7, 11) is 1.83. The number of aromatic nitrogens is 3. The molecule has 0 unspecified atom stereocenters. The first-order valence-electron chi connectivity index (χ1n) is 3.30. The predicted molar refractivity (Wildman–Crippen MR) is 40.3 cm³/mol. The second-order valence-electron chi connectivity index (χ2n) is 2.30. The molecule has 1 aromatic heterocycles. The second kappa shape index (κ2) is 2.23. The van der Waals surface area contributed by atoms with Crippen LogP contribution in [0.4, 0.5) is 0 Å². The van der Waals surface area contributed by atoms with Crippen LogP contribution in [-0.2, 0) is 7.05 Å². The van der Waals surface area contributed by atoms with Gasteiger partial charge in [0.05, 0.1) is 11.9 Å². The van der Waals surface area contributed by atoms with Crippen LogP contribution in [0, 0.1) is 0 Å². The molecule has 1 aliphatic heterocycles. The second-order valence-corrected chi connectivity index (χ2v) is 2.30. The molecule has 0 saturated carbocycles. The van der Waals surface area contributed by atoms with Crippen molar-refractivity contribution in [1.82, 2.24) is 20.3 Å². The van der Waals surface area contributed by atoms with Crippen LogP contribution in [0.5, 0.6) is 0 Å². The molecule has 0 spiro atoms. The minimum atomic E-state index is 0.817. The molecule has 0 N–H and O–H groups in total. The molecule has 2 heterocycles. The van der Waals surface area contributed by atoms with Crippen molar-refractivity contribution in [2.24, 2.45) is 7.05 Å². The lowest BCUT2D eigenvalue weighted by molar-refractivity contribution is 0.714. The number of rotatable bonds is 1. The summed E-state index contributed by atoms with van der Waals surface area (Å²) in [5.41, 5.74) is 1.69. The van der Waals surface area contributed by atoms with Crippen LogP contribution in [0.1, 0.15) is 5.69 Å². The molecule has 55 valence electrons. The van der Waals surface area contributed by atoms with Crippen LogP contribution in [0.25, 0.3) is 5.70 Å². The van der Waals surface area contributed by atoms with E-state index in [4.69, 9.17) is 0 Å². The normalized spacial score (nSPS) is 14.8. The summed E-state index contributed by atoms with van der Waals surface area (Å²) in [6.07, 6.45) is 7.36. The van der Waals surface area contributed by atoms with Gasteiger partial charge in [0.1, 0.15) is 5.69 Å². The van der Waals surface area contributed by atoms with Crippen molar-refractivity contribution < 1.29 is 0 Å². The Morgan fingerprint density at radius 2 is 2.36 bits per heavy atom. The molecule has 2 rings (SSSR count). The Balaban J connectivity index is 2.30. The lowest BCUT2D eigenvalue weighted by atomic mass is 10.3. The fourth-order valence-electron chi connectivity index (χ4n) is 0.917. The molecule has 0 aliphatic carbocycles. The Hall–Kier alpha value is -1.58. The third kappa shape index (κ3) is 1.02. The lowest BCUT2D eigenvalue weighted by Gasteiger charge is -1.91. The van der Waals surface area contributed by atoms with Gasteiger partial charge < -0.3 is 0 Å². The van der Waals surface area contributed by atoms with Crippen molar-refractivity contribution in [1.29, 1.82) is 0 Å². The molecule has 0 saturated heterocycles. The molecule has 1 aliphatic rings. The van der Waals surface area contributed by atoms with Gasteiger partial charge in [0.2, 0.25) is 0 Å². The van der Waals surface area contributed by atoms with Crippen molar-refractivity contribution in [3.63, 3.8) is 0 Å². The van der Waals surface area contributed by atoms with Gasteiger partial charge in [0.25, 0.3) is 0 Å². The molecule has 0 amide bonds. The van der Waals surface area contributed by atoms with Crippen LogP contribution >= 0.6 is 0 Å². The summed E-state index contributed by atoms with van der Waals surface area (Å²) in [5.74, 6) is 0. The molecule has 0 bridgehead atoms. The maximum absolute atomic E-state index is 4.08. The number of allylic oxidation sites excluding steroid dienone is 2. The van der Waals surface area contributed by atoms with Crippen molar-refractivity contribution >= 4 is 5.70 Å². The summed E-state index contributed by atoms with van der Waals surface area (Å²) in [6, 6.07) is 0. The highest BCUT2D eigenvalue weighted by Gasteiger charge is 2.06.